The quantitative estimate of drug-likeness (QED) is 0.803. The van der Waals surface area contributed by atoms with Crippen molar-refractivity contribution in [2.24, 2.45) is 0 Å². The lowest BCUT2D eigenvalue weighted by Crippen LogP contribution is -2.37. The summed E-state index contributed by atoms with van der Waals surface area (Å²) in [6.45, 7) is 0.223. The molecule has 4 amide bonds. The lowest BCUT2D eigenvalue weighted by molar-refractivity contribution is -0.117. The number of carbonyl (C=O) groups is 4. The second kappa shape index (κ2) is 7.09. The van der Waals surface area contributed by atoms with Crippen LogP contribution < -0.4 is 10.2 Å². The highest BCUT2D eigenvalue weighted by Gasteiger charge is 2.36. The molecule has 1 saturated heterocycles. The van der Waals surface area contributed by atoms with E-state index in [1.165, 1.54) is 0 Å². The topological polar surface area (TPSA) is 86.8 Å². The fraction of sp³-hybridized carbons (Fsp3) is 0.200. The van der Waals surface area contributed by atoms with Gasteiger partial charge in [-0.05, 0) is 36.8 Å². The lowest BCUT2D eigenvalue weighted by Gasteiger charge is -2.18. The number of fused-ring (bicyclic) bond motifs is 1. The van der Waals surface area contributed by atoms with E-state index in [0.717, 1.165) is 11.3 Å². The van der Waals surface area contributed by atoms with Crippen LogP contribution in [-0.2, 0) is 9.59 Å². The lowest BCUT2D eigenvalue weighted by atomic mass is 10.1. The van der Waals surface area contributed by atoms with Gasteiger partial charge in [-0.1, -0.05) is 23.7 Å². The van der Waals surface area contributed by atoms with Crippen molar-refractivity contribution in [1.82, 2.24) is 4.90 Å². The molecule has 0 bridgehead atoms. The van der Waals surface area contributed by atoms with E-state index in [-0.39, 0.29) is 5.91 Å². The third-order valence-electron chi connectivity index (χ3n) is 4.78. The van der Waals surface area contributed by atoms with Gasteiger partial charge in [0.05, 0.1) is 21.8 Å². The summed E-state index contributed by atoms with van der Waals surface area (Å²) in [6.07, 6.45) is 1.28. The molecule has 0 aromatic heterocycles. The summed E-state index contributed by atoms with van der Waals surface area (Å²) >= 11 is 6.27. The fourth-order valence-corrected chi connectivity index (χ4v) is 3.72. The van der Waals surface area contributed by atoms with E-state index >= 15 is 0 Å². The van der Waals surface area contributed by atoms with E-state index in [1.54, 1.807) is 47.4 Å². The number of benzene rings is 2. The molecule has 2 aliphatic heterocycles. The second-order valence-electron chi connectivity index (χ2n) is 6.61. The molecule has 1 fully saturated rings. The molecule has 4 rings (SSSR count). The number of amides is 4. The molecule has 142 valence electrons. The van der Waals surface area contributed by atoms with Gasteiger partial charge in [-0.15, -0.1) is 0 Å². The van der Waals surface area contributed by atoms with E-state index in [2.05, 4.69) is 5.32 Å². The molecule has 0 atom stereocenters. The molecule has 0 unspecified atom stereocenters. The Balaban J connectivity index is 1.45. The SMILES string of the molecule is O=C(CN1C(=O)c2ccccc2C1=O)Nc1ccc(N2CCCC2=O)c(Cl)c1. The predicted octanol–water partition coefficient (Wildman–Crippen LogP) is 2.70. The Morgan fingerprint density at radius 1 is 1.04 bits per heavy atom. The Morgan fingerprint density at radius 3 is 2.29 bits per heavy atom. The summed E-state index contributed by atoms with van der Waals surface area (Å²) in [6, 6.07) is 11.3. The normalized spacial score (nSPS) is 16.0. The Morgan fingerprint density at radius 2 is 1.71 bits per heavy atom. The molecule has 1 N–H and O–H groups in total. The van der Waals surface area contributed by atoms with Crippen LogP contribution in [0.3, 0.4) is 0 Å². The zero-order valence-electron chi connectivity index (χ0n) is 14.8. The maximum Gasteiger partial charge on any atom is 0.262 e. The minimum Gasteiger partial charge on any atom is -0.324 e. The zero-order chi connectivity index (χ0) is 19.8. The number of hydrogen-bond acceptors (Lipinski definition) is 4. The van der Waals surface area contributed by atoms with Crippen molar-refractivity contribution in [3.63, 3.8) is 0 Å². The van der Waals surface area contributed by atoms with Crippen molar-refractivity contribution in [2.75, 3.05) is 23.3 Å². The van der Waals surface area contributed by atoms with Crippen LogP contribution in [-0.4, -0.2) is 41.6 Å². The van der Waals surface area contributed by atoms with Crippen molar-refractivity contribution in [3.8, 4) is 0 Å². The van der Waals surface area contributed by atoms with Gasteiger partial charge >= 0.3 is 0 Å². The smallest absolute Gasteiger partial charge is 0.262 e. The van der Waals surface area contributed by atoms with Crippen molar-refractivity contribution in [2.45, 2.75) is 12.8 Å². The average molecular weight is 398 g/mol. The van der Waals surface area contributed by atoms with Crippen LogP contribution in [0.2, 0.25) is 5.02 Å². The van der Waals surface area contributed by atoms with E-state index in [0.29, 0.717) is 40.5 Å². The first-order chi connectivity index (χ1) is 13.5. The number of nitrogens with one attached hydrogen (secondary N) is 1. The van der Waals surface area contributed by atoms with Crippen LogP contribution >= 0.6 is 11.6 Å². The van der Waals surface area contributed by atoms with Crippen molar-refractivity contribution in [1.29, 1.82) is 0 Å². The van der Waals surface area contributed by atoms with Gasteiger partial charge in [-0.2, -0.15) is 0 Å². The number of anilines is 2. The molecule has 8 heteroatoms. The summed E-state index contributed by atoms with van der Waals surface area (Å²) in [5.41, 5.74) is 1.61. The first kappa shape index (κ1) is 18.2. The summed E-state index contributed by atoms with van der Waals surface area (Å²) in [5.74, 6) is -1.48. The van der Waals surface area contributed by atoms with Gasteiger partial charge in [0.25, 0.3) is 11.8 Å². The van der Waals surface area contributed by atoms with Crippen molar-refractivity contribution >= 4 is 46.6 Å². The maximum atomic E-state index is 12.4. The predicted molar refractivity (Wildman–Crippen MR) is 103 cm³/mol. The summed E-state index contributed by atoms with van der Waals surface area (Å²) in [4.78, 5) is 51.4. The van der Waals surface area contributed by atoms with Crippen molar-refractivity contribution < 1.29 is 19.2 Å². The Bertz CT molecular complexity index is 985. The Hall–Kier alpha value is -3.19. The minimum absolute atomic E-state index is 0.0179. The highest BCUT2D eigenvalue weighted by atomic mass is 35.5. The molecule has 0 radical (unpaired) electrons. The third kappa shape index (κ3) is 3.14. The van der Waals surface area contributed by atoms with E-state index in [9.17, 15) is 19.2 Å². The average Bonchev–Trinajstić information content (AvgIpc) is 3.19. The molecule has 2 heterocycles. The van der Waals surface area contributed by atoms with Crippen LogP contribution in [0.5, 0.6) is 0 Å². The first-order valence-corrected chi connectivity index (χ1v) is 9.18. The number of hydrogen-bond donors (Lipinski definition) is 1. The third-order valence-corrected chi connectivity index (χ3v) is 5.08. The Labute approximate surface area is 165 Å². The van der Waals surface area contributed by atoms with Gasteiger partial charge in [0, 0.05) is 18.7 Å². The van der Waals surface area contributed by atoms with Gasteiger partial charge in [-0.3, -0.25) is 24.1 Å². The number of imide groups is 1. The molecule has 0 spiro atoms. The second-order valence-corrected chi connectivity index (χ2v) is 7.01. The molecule has 2 aromatic rings. The molecule has 2 aromatic carbocycles. The Kier molecular flexibility index (Phi) is 4.60. The van der Waals surface area contributed by atoms with E-state index < -0.39 is 24.3 Å². The number of carbonyl (C=O) groups excluding carboxylic acids is 4. The summed E-state index contributed by atoms with van der Waals surface area (Å²) in [7, 11) is 0. The molecule has 0 aliphatic carbocycles. The van der Waals surface area contributed by atoms with Gasteiger partial charge in [0.1, 0.15) is 6.54 Å². The molecule has 28 heavy (non-hydrogen) atoms. The summed E-state index contributed by atoms with van der Waals surface area (Å²) in [5, 5.41) is 2.98. The molecule has 2 aliphatic rings. The monoisotopic (exact) mass is 397 g/mol. The minimum atomic E-state index is -0.518. The number of rotatable bonds is 4. The standard InChI is InChI=1S/C20H16ClN3O4/c21-15-10-12(7-8-16(15)23-9-3-6-18(23)26)22-17(25)11-24-19(27)13-4-1-2-5-14(13)20(24)28/h1-2,4-5,7-8,10H,3,6,9,11H2,(H,22,25). The highest BCUT2D eigenvalue weighted by Crippen LogP contribution is 2.31. The van der Waals surface area contributed by atoms with Crippen LogP contribution in [0.15, 0.2) is 42.5 Å². The number of nitrogens with zero attached hydrogens (tertiary/aromatic N) is 2. The van der Waals surface area contributed by atoms with Crippen LogP contribution in [0, 0.1) is 0 Å². The maximum absolute atomic E-state index is 12.4. The van der Waals surface area contributed by atoms with E-state index in [4.69, 9.17) is 11.6 Å². The first-order valence-electron chi connectivity index (χ1n) is 8.80. The van der Waals surface area contributed by atoms with Crippen LogP contribution in [0.25, 0.3) is 0 Å². The molecular formula is C20H16ClN3O4. The summed E-state index contributed by atoms with van der Waals surface area (Å²) < 4.78 is 0. The van der Waals surface area contributed by atoms with E-state index in [1.807, 2.05) is 0 Å². The van der Waals surface area contributed by atoms with Gasteiger partial charge < -0.3 is 10.2 Å². The van der Waals surface area contributed by atoms with Crippen LogP contribution in [0.4, 0.5) is 11.4 Å². The molecule has 7 nitrogen and oxygen atoms in total. The highest BCUT2D eigenvalue weighted by molar-refractivity contribution is 6.34. The number of halogens is 1. The van der Waals surface area contributed by atoms with Gasteiger partial charge in [0.15, 0.2) is 0 Å². The fourth-order valence-electron chi connectivity index (χ4n) is 3.43. The van der Waals surface area contributed by atoms with Gasteiger partial charge in [0.2, 0.25) is 11.8 Å². The van der Waals surface area contributed by atoms with Crippen LogP contribution in [0.1, 0.15) is 33.6 Å². The molecular weight excluding hydrogens is 382 g/mol. The zero-order valence-corrected chi connectivity index (χ0v) is 15.5. The van der Waals surface area contributed by atoms with Crippen molar-refractivity contribution in [3.05, 3.63) is 58.6 Å². The molecule has 0 saturated carbocycles. The largest absolute Gasteiger partial charge is 0.324 e. The van der Waals surface area contributed by atoms with Gasteiger partial charge in [-0.25, -0.2) is 0 Å².